The highest BCUT2D eigenvalue weighted by Gasteiger charge is 2.16. The molecule has 0 saturated carbocycles. The number of nitrogens with zero attached hydrogens (tertiary/aromatic N) is 2. The number of ether oxygens (including phenoxy) is 1. The van der Waals surface area contributed by atoms with Crippen LogP contribution in [0.5, 0.6) is 11.6 Å². The highest BCUT2D eigenvalue weighted by Crippen LogP contribution is 2.34. The zero-order chi connectivity index (χ0) is 14.9. The van der Waals surface area contributed by atoms with Crippen LogP contribution in [0.15, 0.2) is 22.9 Å². The average Bonchev–Trinajstić information content (AvgIpc) is 2.35. The Labute approximate surface area is 132 Å². The first-order valence-electron chi connectivity index (χ1n) is 6.35. The van der Waals surface area contributed by atoms with Gasteiger partial charge in [0.2, 0.25) is 5.88 Å². The van der Waals surface area contributed by atoms with Crippen molar-refractivity contribution in [2.75, 3.05) is 0 Å². The molecule has 1 heterocycles. The number of hydrogen-bond donors (Lipinski definition) is 0. The maximum atomic E-state index is 6.14. The molecule has 0 aliphatic carbocycles. The van der Waals surface area contributed by atoms with Gasteiger partial charge in [-0.15, -0.1) is 0 Å². The molecule has 20 heavy (non-hydrogen) atoms. The van der Waals surface area contributed by atoms with Gasteiger partial charge in [0.25, 0.3) is 0 Å². The summed E-state index contributed by atoms with van der Waals surface area (Å²) in [6, 6.07) is 3.94. The Morgan fingerprint density at radius 1 is 1.15 bits per heavy atom. The minimum Gasteiger partial charge on any atom is -0.439 e. The zero-order valence-electron chi connectivity index (χ0n) is 11.9. The van der Waals surface area contributed by atoms with Crippen LogP contribution in [0, 0.1) is 13.8 Å². The van der Waals surface area contributed by atoms with Gasteiger partial charge in [0.15, 0.2) is 0 Å². The summed E-state index contributed by atoms with van der Waals surface area (Å²) in [5, 5.41) is 0.440. The van der Waals surface area contributed by atoms with Gasteiger partial charge < -0.3 is 4.74 Å². The largest absolute Gasteiger partial charge is 0.439 e. The summed E-state index contributed by atoms with van der Waals surface area (Å²) in [5.41, 5.74) is 3.06. The molecule has 5 heteroatoms. The molecule has 0 N–H and O–H groups in total. The topological polar surface area (TPSA) is 35.0 Å². The van der Waals surface area contributed by atoms with E-state index in [1.54, 1.807) is 0 Å². The van der Waals surface area contributed by atoms with Crippen LogP contribution in [0.1, 0.15) is 36.5 Å². The van der Waals surface area contributed by atoms with Crippen LogP contribution >= 0.6 is 27.5 Å². The Hall–Kier alpha value is -1.13. The molecule has 0 spiro atoms. The minimum atomic E-state index is 0.191. The van der Waals surface area contributed by atoms with Gasteiger partial charge in [-0.2, -0.15) is 0 Å². The summed E-state index contributed by atoms with van der Waals surface area (Å²) in [7, 11) is 0. The zero-order valence-corrected chi connectivity index (χ0v) is 14.2. The van der Waals surface area contributed by atoms with Crippen LogP contribution in [0.25, 0.3) is 0 Å². The summed E-state index contributed by atoms with van der Waals surface area (Å²) in [5.74, 6) is 1.46. The van der Waals surface area contributed by atoms with E-state index in [4.69, 9.17) is 16.3 Å². The molecular weight excluding hydrogens is 340 g/mol. The third-order valence-electron chi connectivity index (χ3n) is 3.00. The van der Waals surface area contributed by atoms with Gasteiger partial charge in [-0.05, 0) is 43.0 Å². The van der Waals surface area contributed by atoms with Crippen LogP contribution in [0.2, 0.25) is 5.15 Å². The SMILES string of the molecule is Cc1cc(Oc2ncnc(Cl)c2C(C)C)cc(C)c1Br. The summed E-state index contributed by atoms with van der Waals surface area (Å²) in [6.45, 7) is 8.13. The summed E-state index contributed by atoms with van der Waals surface area (Å²) in [6.07, 6.45) is 1.42. The molecule has 2 aromatic rings. The smallest absolute Gasteiger partial charge is 0.227 e. The molecule has 2 rings (SSSR count). The van der Waals surface area contributed by atoms with E-state index >= 15 is 0 Å². The monoisotopic (exact) mass is 354 g/mol. The third kappa shape index (κ3) is 3.13. The number of rotatable bonds is 3. The molecule has 0 aliphatic rings. The highest BCUT2D eigenvalue weighted by atomic mass is 79.9. The van der Waals surface area contributed by atoms with E-state index in [-0.39, 0.29) is 5.92 Å². The fraction of sp³-hybridized carbons (Fsp3) is 0.333. The molecule has 0 fully saturated rings. The maximum Gasteiger partial charge on any atom is 0.227 e. The van der Waals surface area contributed by atoms with Crippen molar-refractivity contribution in [3.05, 3.63) is 44.8 Å². The first-order valence-corrected chi connectivity index (χ1v) is 7.52. The van der Waals surface area contributed by atoms with Crippen molar-refractivity contribution >= 4 is 27.5 Å². The molecule has 0 unspecified atom stereocenters. The standard InChI is InChI=1S/C15H16BrClN2O/c1-8(2)12-14(17)18-7-19-15(12)20-11-5-9(3)13(16)10(4)6-11/h5-8H,1-4H3. The van der Waals surface area contributed by atoms with Gasteiger partial charge in [-0.25, -0.2) is 9.97 Å². The van der Waals surface area contributed by atoms with Gasteiger partial charge in [-0.1, -0.05) is 41.4 Å². The van der Waals surface area contributed by atoms with Crippen LogP contribution in [0.4, 0.5) is 0 Å². The lowest BCUT2D eigenvalue weighted by molar-refractivity contribution is 0.450. The number of aryl methyl sites for hydroxylation is 2. The molecule has 0 atom stereocenters. The molecule has 0 amide bonds. The molecule has 3 nitrogen and oxygen atoms in total. The third-order valence-corrected chi connectivity index (χ3v) is 4.55. The van der Waals surface area contributed by atoms with Gasteiger partial charge >= 0.3 is 0 Å². The molecule has 106 valence electrons. The first-order chi connectivity index (χ1) is 9.40. The van der Waals surface area contributed by atoms with E-state index in [2.05, 4.69) is 25.9 Å². The number of aromatic nitrogens is 2. The summed E-state index contributed by atoms with van der Waals surface area (Å²) >= 11 is 9.69. The number of halogens is 2. The normalized spacial score (nSPS) is 10.9. The molecule has 0 aliphatic heterocycles. The van der Waals surface area contributed by atoms with E-state index in [9.17, 15) is 0 Å². The highest BCUT2D eigenvalue weighted by molar-refractivity contribution is 9.10. The second-order valence-corrected chi connectivity index (χ2v) is 6.16. The van der Waals surface area contributed by atoms with Gasteiger partial charge in [-0.3, -0.25) is 0 Å². The summed E-state index contributed by atoms with van der Waals surface area (Å²) in [4.78, 5) is 8.23. The molecule has 1 aromatic carbocycles. The number of hydrogen-bond acceptors (Lipinski definition) is 3. The van der Waals surface area contributed by atoms with Crippen molar-refractivity contribution in [3.8, 4) is 11.6 Å². The van der Waals surface area contributed by atoms with Crippen molar-refractivity contribution in [3.63, 3.8) is 0 Å². The minimum absolute atomic E-state index is 0.191. The maximum absolute atomic E-state index is 6.14. The van der Waals surface area contributed by atoms with Crippen molar-refractivity contribution in [1.29, 1.82) is 0 Å². The van der Waals surface area contributed by atoms with Crippen molar-refractivity contribution in [2.24, 2.45) is 0 Å². The van der Waals surface area contributed by atoms with E-state index in [1.165, 1.54) is 6.33 Å². The van der Waals surface area contributed by atoms with Crippen molar-refractivity contribution in [2.45, 2.75) is 33.6 Å². The lowest BCUT2D eigenvalue weighted by Gasteiger charge is -2.14. The Morgan fingerprint density at radius 2 is 1.75 bits per heavy atom. The molecular formula is C15H16BrClN2O. The first kappa shape index (κ1) is 15.3. The Kier molecular flexibility index (Phi) is 4.66. The molecule has 0 radical (unpaired) electrons. The van der Waals surface area contributed by atoms with Gasteiger partial charge in [0.05, 0.1) is 5.56 Å². The van der Waals surface area contributed by atoms with E-state index in [1.807, 2.05) is 39.8 Å². The number of benzene rings is 1. The second kappa shape index (κ2) is 6.10. The van der Waals surface area contributed by atoms with Crippen LogP contribution in [0.3, 0.4) is 0 Å². The average molecular weight is 356 g/mol. The predicted molar refractivity (Wildman–Crippen MR) is 84.8 cm³/mol. The summed E-state index contributed by atoms with van der Waals surface area (Å²) < 4.78 is 7.00. The molecule has 1 aromatic heterocycles. The Balaban J connectivity index is 2.43. The lowest BCUT2D eigenvalue weighted by Crippen LogP contribution is -2.00. The van der Waals surface area contributed by atoms with Gasteiger partial charge in [0, 0.05) is 4.47 Å². The van der Waals surface area contributed by atoms with Crippen LogP contribution in [-0.4, -0.2) is 9.97 Å². The Morgan fingerprint density at radius 3 is 2.30 bits per heavy atom. The fourth-order valence-electron chi connectivity index (χ4n) is 2.00. The van der Waals surface area contributed by atoms with E-state index in [0.29, 0.717) is 11.0 Å². The quantitative estimate of drug-likeness (QED) is 0.689. The van der Waals surface area contributed by atoms with Crippen molar-refractivity contribution in [1.82, 2.24) is 9.97 Å². The molecule has 0 saturated heterocycles. The Bertz CT molecular complexity index is 621. The van der Waals surface area contributed by atoms with E-state index in [0.717, 1.165) is 26.9 Å². The second-order valence-electron chi connectivity index (χ2n) is 5.01. The van der Waals surface area contributed by atoms with Gasteiger partial charge in [0.1, 0.15) is 17.2 Å². The lowest BCUT2D eigenvalue weighted by atomic mass is 10.1. The van der Waals surface area contributed by atoms with Crippen molar-refractivity contribution < 1.29 is 4.74 Å². The van der Waals surface area contributed by atoms with Crippen LogP contribution in [-0.2, 0) is 0 Å². The fourth-order valence-corrected chi connectivity index (χ4v) is 2.57. The molecule has 0 bridgehead atoms. The van der Waals surface area contributed by atoms with Crippen LogP contribution < -0.4 is 4.74 Å². The van der Waals surface area contributed by atoms with E-state index < -0.39 is 0 Å². The predicted octanol–water partition coefficient (Wildman–Crippen LogP) is 5.43.